The summed E-state index contributed by atoms with van der Waals surface area (Å²) in [5.74, 6) is 0.259. The van der Waals surface area contributed by atoms with Crippen LogP contribution in [-0.2, 0) is 19.1 Å². The van der Waals surface area contributed by atoms with E-state index in [-0.39, 0.29) is 57.8 Å². The molecule has 5 aliphatic rings. The predicted octanol–water partition coefficient (Wildman–Crippen LogP) is 5.38. The van der Waals surface area contributed by atoms with E-state index in [1.54, 1.807) is 0 Å². The number of rotatable bonds is 5. The lowest BCUT2D eigenvalue weighted by atomic mass is 9.35. The maximum Gasteiger partial charge on any atom is 0.302 e. The molecule has 0 aromatic rings. The standard InChI is InChI=1S/C32H50O6/c1-17(16-20(37-18(2)33)27-29(5,6)38-27)19-10-14-31(8)23(19)24(35)25(36)26-30(7)13-12-22(34)28(3,4)21(30)11-15-32(26,31)9/h17,20-21,24-27,35-36H,10-16H2,1-9H3/t17-,20+,21?,24+,25+,26+,27-,30+,31+,32+/m1/s1. The lowest BCUT2D eigenvalue weighted by Gasteiger charge is -2.69. The van der Waals surface area contributed by atoms with E-state index in [0.29, 0.717) is 18.6 Å². The summed E-state index contributed by atoms with van der Waals surface area (Å²) in [5.41, 5.74) is 0.931. The Kier molecular flexibility index (Phi) is 6.43. The SMILES string of the molecule is CC(=O)O[C@@H](C[C@@H](C)C1=C2[C@H](O)[C@H](O)[C@H]3[C@@]4(C)CCC(=O)C(C)(C)C4CC[C@]3(C)[C@@]2(C)CC1)[C@H]1OC1(C)C. The van der Waals surface area contributed by atoms with Crippen LogP contribution in [0.1, 0.15) is 107 Å². The third-order valence-corrected chi connectivity index (χ3v) is 12.6. The van der Waals surface area contributed by atoms with Gasteiger partial charge in [-0.3, -0.25) is 9.59 Å². The zero-order valence-electron chi connectivity index (χ0n) is 25.0. The van der Waals surface area contributed by atoms with Crippen molar-refractivity contribution < 1.29 is 29.3 Å². The number of esters is 1. The minimum atomic E-state index is -0.921. The molecule has 6 heteroatoms. The number of allylic oxidation sites excluding steroid dienone is 1. The third kappa shape index (κ3) is 3.75. The Bertz CT molecular complexity index is 1060. The molecular weight excluding hydrogens is 480 g/mol. The quantitative estimate of drug-likeness (QED) is 0.281. The normalized spacial score (nSPS) is 46.5. The fourth-order valence-electron chi connectivity index (χ4n) is 10.4. The van der Waals surface area contributed by atoms with E-state index in [0.717, 1.165) is 37.7 Å². The molecule has 0 aromatic carbocycles. The number of ketones is 1. The third-order valence-electron chi connectivity index (χ3n) is 12.6. The first-order valence-corrected chi connectivity index (χ1v) is 14.9. The molecule has 4 aliphatic carbocycles. The number of ether oxygens (including phenoxy) is 2. The highest BCUT2D eigenvalue weighted by atomic mass is 16.6. The lowest BCUT2D eigenvalue weighted by Crippen LogP contribution is -2.68. The predicted molar refractivity (Wildman–Crippen MR) is 145 cm³/mol. The van der Waals surface area contributed by atoms with Gasteiger partial charge in [-0.2, -0.15) is 0 Å². The van der Waals surface area contributed by atoms with Gasteiger partial charge in [0.25, 0.3) is 0 Å². The van der Waals surface area contributed by atoms with Crippen molar-refractivity contribution in [3.8, 4) is 0 Å². The van der Waals surface area contributed by atoms with Gasteiger partial charge in [0.2, 0.25) is 0 Å². The Morgan fingerprint density at radius 3 is 2.26 bits per heavy atom. The molecule has 0 bridgehead atoms. The number of aliphatic hydroxyl groups excluding tert-OH is 2. The van der Waals surface area contributed by atoms with Gasteiger partial charge in [0, 0.05) is 18.8 Å². The van der Waals surface area contributed by atoms with Gasteiger partial charge in [-0.1, -0.05) is 47.1 Å². The first-order chi connectivity index (χ1) is 17.4. The van der Waals surface area contributed by atoms with E-state index >= 15 is 0 Å². The number of epoxide rings is 1. The summed E-state index contributed by atoms with van der Waals surface area (Å²) < 4.78 is 11.6. The number of hydrogen-bond donors (Lipinski definition) is 2. The summed E-state index contributed by atoms with van der Waals surface area (Å²) in [6.07, 6.45) is 3.48. The summed E-state index contributed by atoms with van der Waals surface area (Å²) in [6.45, 7) is 18.8. The zero-order chi connectivity index (χ0) is 28.2. The average Bonchev–Trinajstić information content (AvgIpc) is 3.27. The summed E-state index contributed by atoms with van der Waals surface area (Å²) in [6, 6.07) is 0. The summed E-state index contributed by atoms with van der Waals surface area (Å²) in [4.78, 5) is 24.9. The van der Waals surface area contributed by atoms with Crippen molar-refractivity contribution in [2.24, 2.45) is 39.4 Å². The first kappa shape index (κ1) is 28.3. The van der Waals surface area contributed by atoms with Crippen LogP contribution in [0.15, 0.2) is 11.1 Å². The van der Waals surface area contributed by atoms with E-state index in [9.17, 15) is 19.8 Å². The molecule has 1 unspecified atom stereocenters. The molecule has 1 aliphatic heterocycles. The zero-order valence-corrected chi connectivity index (χ0v) is 25.0. The molecule has 2 N–H and O–H groups in total. The van der Waals surface area contributed by atoms with Crippen molar-refractivity contribution in [2.45, 2.75) is 137 Å². The first-order valence-electron chi connectivity index (χ1n) is 14.9. The number of Topliss-reactive ketones (excluding diaryl/α,β-unsaturated/α-hetero) is 1. The number of hydrogen-bond acceptors (Lipinski definition) is 6. The Labute approximate surface area is 228 Å². The molecule has 10 atom stereocenters. The highest BCUT2D eigenvalue weighted by Crippen LogP contribution is 2.74. The molecule has 5 rings (SSSR count). The van der Waals surface area contributed by atoms with Crippen molar-refractivity contribution in [2.75, 3.05) is 0 Å². The second kappa shape index (κ2) is 8.63. The van der Waals surface area contributed by atoms with E-state index in [1.807, 2.05) is 13.8 Å². The monoisotopic (exact) mass is 530 g/mol. The van der Waals surface area contributed by atoms with Crippen LogP contribution < -0.4 is 0 Å². The van der Waals surface area contributed by atoms with Crippen LogP contribution in [0.2, 0.25) is 0 Å². The molecule has 0 amide bonds. The number of carbonyl (C=O) groups excluding carboxylic acids is 2. The highest BCUT2D eigenvalue weighted by molar-refractivity contribution is 5.85. The fraction of sp³-hybridized carbons (Fsp3) is 0.875. The molecule has 1 heterocycles. The minimum absolute atomic E-state index is 0.0750. The molecule has 0 spiro atoms. The number of fused-ring (bicyclic) bond motifs is 5. The smallest absolute Gasteiger partial charge is 0.302 e. The second-order valence-electron chi connectivity index (χ2n) is 15.3. The molecule has 38 heavy (non-hydrogen) atoms. The molecule has 4 fully saturated rings. The summed E-state index contributed by atoms with van der Waals surface area (Å²) >= 11 is 0. The van der Waals surface area contributed by atoms with Gasteiger partial charge in [0.15, 0.2) is 0 Å². The van der Waals surface area contributed by atoms with E-state index < -0.39 is 17.6 Å². The van der Waals surface area contributed by atoms with Gasteiger partial charge >= 0.3 is 5.97 Å². The Morgan fingerprint density at radius 1 is 1.05 bits per heavy atom. The summed E-state index contributed by atoms with van der Waals surface area (Å²) in [5, 5.41) is 23.8. The van der Waals surface area contributed by atoms with Crippen LogP contribution in [0.5, 0.6) is 0 Å². The van der Waals surface area contributed by atoms with E-state index in [2.05, 4.69) is 41.5 Å². The largest absolute Gasteiger partial charge is 0.460 e. The molecule has 6 nitrogen and oxygen atoms in total. The average molecular weight is 531 g/mol. The van der Waals surface area contributed by atoms with Crippen LogP contribution in [0.4, 0.5) is 0 Å². The van der Waals surface area contributed by atoms with Gasteiger partial charge in [-0.15, -0.1) is 0 Å². The minimum Gasteiger partial charge on any atom is -0.460 e. The van der Waals surface area contributed by atoms with Crippen molar-refractivity contribution in [3.05, 3.63) is 11.1 Å². The van der Waals surface area contributed by atoms with Gasteiger partial charge in [-0.05, 0) is 91.9 Å². The number of carbonyl (C=O) groups is 2. The van der Waals surface area contributed by atoms with Crippen molar-refractivity contribution in [3.63, 3.8) is 0 Å². The highest BCUT2D eigenvalue weighted by Gasteiger charge is 2.71. The van der Waals surface area contributed by atoms with E-state index in [1.165, 1.54) is 12.5 Å². The topological polar surface area (TPSA) is 96.4 Å². The van der Waals surface area contributed by atoms with Crippen molar-refractivity contribution >= 4 is 11.8 Å². The lowest BCUT2D eigenvalue weighted by molar-refractivity contribution is -0.227. The fourth-order valence-corrected chi connectivity index (χ4v) is 10.4. The molecule has 3 saturated carbocycles. The van der Waals surface area contributed by atoms with Gasteiger partial charge in [0.05, 0.1) is 11.7 Å². The van der Waals surface area contributed by atoms with Crippen LogP contribution in [0.3, 0.4) is 0 Å². The van der Waals surface area contributed by atoms with Crippen LogP contribution in [-0.4, -0.2) is 52.0 Å². The van der Waals surface area contributed by atoms with E-state index in [4.69, 9.17) is 9.47 Å². The van der Waals surface area contributed by atoms with Crippen LogP contribution >= 0.6 is 0 Å². The number of aliphatic hydroxyl groups is 2. The van der Waals surface area contributed by atoms with Gasteiger partial charge in [-0.25, -0.2) is 0 Å². The Hall–Kier alpha value is -1.24. The second-order valence-corrected chi connectivity index (χ2v) is 15.3. The molecule has 1 saturated heterocycles. The van der Waals surface area contributed by atoms with Crippen LogP contribution in [0, 0.1) is 39.4 Å². The van der Waals surface area contributed by atoms with Crippen molar-refractivity contribution in [1.82, 2.24) is 0 Å². The molecular formula is C32H50O6. The Balaban J connectivity index is 1.51. The molecule has 0 radical (unpaired) electrons. The summed E-state index contributed by atoms with van der Waals surface area (Å²) in [7, 11) is 0. The molecule has 214 valence electrons. The van der Waals surface area contributed by atoms with Crippen molar-refractivity contribution in [1.29, 1.82) is 0 Å². The maximum atomic E-state index is 13.0. The van der Waals surface area contributed by atoms with Gasteiger partial charge in [0.1, 0.15) is 24.1 Å². The molecule has 0 aromatic heterocycles. The maximum absolute atomic E-state index is 13.0. The Morgan fingerprint density at radius 2 is 1.68 bits per heavy atom. The van der Waals surface area contributed by atoms with Gasteiger partial charge < -0.3 is 19.7 Å². The van der Waals surface area contributed by atoms with Crippen LogP contribution in [0.25, 0.3) is 0 Å².